The summed E-state index contributed by atoms with van der Waals surface area (Å²) in [5.74, 6) is 0.846. The molecular weight excluding hydrogens is 276 g/mol. The van der Waals surface area contributed by atoms with Crippen LogP contribution in [0.25, 0.3) is 0 Å². The van der Waals surface area contributed by atoms with Crippen LogP contribution in [0, 0.1) is 0 Å². The number of aliphatic imine (C=N–C) groups is 1. The average Bonchev–Trinajstić information content (AvgIpc) is 3.25. The minimum Gasteiger partial charge on any atom is -0.388 e. The largest absolute Gasteiger partial charge is 0.388 e. The number of likely N-dealkylation sites (tertiary alicyclic amines) is 1. The zero-order valence-electron chi connectivity index (χ0n) is 14.0. The molecule has 0 spiro atoms. The molecule has 0 aromatic heterocycles. The summed E-state index contributed by atoms with van der Waals surface area (Å²) in [6, 6.07) is 1.31. The molecular formula is C17H32N4O. The molecule has 0 aromatic rings. The highest BCUT2D eigenvalue weighted by atomic mass is 16.3. The Balaban J connectivity index is 1.43. The molecule has 2 saturated carbocycles. The fraction of sp³-hybridized carbons (Fsp3) is 0.941. The van der Waals surface area contributed by atoms with E-state index in [1.54, 1.807) is 0 Å². The molecule has 126 valence electrons. The molecule has 1 heterocycles. The lowest BCUT2D eigenvalue weighted by molar-refractivity contribution is 0.0521. The number of guanidine groups is 1. The van der Waals surface area contributed by atoms with Crippen molar-refractivity contribution in [3.05, 3.63) is 0 Å². The summed E-state index contributed by atoms with van der Waals surface area (Å²) in [5, 5.41) is 17.3. The molecule has 0 radical (unpaired) electrons. The van der Waals surface area contributed by atoms with Crippen molar-refractivity contribution < 1.29 is 5.11 Å². The fourth-order valence-electron chi connectivity index (χ4n) is 4.35. The maximum absolute atomic E-state index is 10.4. The Bertz CT molecular complexity index is 386. The molecule has 3 rings (SSSR count). The van der Waals surface area contributed by atoms with Crippen molar-refractivity contribution in [3.63, 3.8) is 0 Å². The van der Waals surface area contributed by atoms with Crippen molar-refractivity contribution >= 4 is 5.96 Å². The van der Waals surface area contributed by atoms with Crippen molar-refractivity contribution in [2.45, 2.75) is 75.5 Å². The third kappa shape index (κ3) is 3.93. The molecule has 1 saturated heterocycles. The van der Waals surface area contributed by atoms with Gasteiger partial charge in [-0.2, -0.15) is 0 Å². The SMILES string of the molecule is CN=C(NCC1(O)CCCC1)NC1CCN(C2CCCC2)C1. The number of hydrogen-bond donors (Lipinski definition) is 3. The van der Waals surface area contributed by atoms with E-state index in [2.05, 4.69) is 20.5 Å². The van der Waals surface area contributed by atoms with E-state index in [0.29, 0.717) is 12.6 Å². The minimum atomic E-state index is -0.525. The van der Waals surface area contributed by atoms with Gasteiger partial charge in [0, 0.05) is 38.8 Å². The highest BCUT2D eigenvalue weighted by molar-refractivity contribution is 5.80. The van der Waals surface area contributed by atoms with Crippen molar-refractivity contribution in [1.29, 1.82) is 0 Å². The van der Waals surface area contributed by atoms with E-state index < -0.39 is 5.60 Å². The number of nitrogens with one attached hydrogen (secondary N) is 2. The molecule has 0 bridgehead atoms. The fourth-order valence-corrected chi connectivity index (χ4v) is 4.35. The lowest BCUT2D eigenvalue weighted by Gasteiger charge is -2.26. The van der Waals surface area contributed by atoms with E-state index in [-0.39, 0.29) is 0 Å². The van der Waals surface area contributed by atoms with Gasteiger partial charge in [0.2, 0.25) is 0 Å². The summed E-state index contributed by atoms with van der Waals surface area (Å²) in [4.78, 5) is 6.99. The van der Waals surface area contributed by atoms with Gasteiger partial charge in [0.1, 0.15) is 0 Å². The van der Waals surface area contributed by atoms with Crippen LogP contribution >= 0.6 is 0 Å². The van der Waals surface area contributed by atoms with Crippen LogP contribution in [-0.4, -0.2) is 60.3 Å². The topological polar surface area (TPSA) is 59.9 Å². The van der Waals surface area contributed by atoms with Gasteiger partial charge in [-0.05, 0) is 32.1 Å². The maximum Gasteiger partial charge on any atom is 0.191 e. The number of rotatable bonds is 4. The molecule has 1 unspecified atom stereocenters. The molecule has 1 aliphatic heterocycles. The van der Waals surface area contributed by atoms with E-state index >= 15 is 0 Å². The van der Waals surface area contributed by atoms with Gasteiger partial charge < -0.3 is 15.7 Å². The van der Waals surface area contributed by atoms with Crippen LogP contribution in [0.4, 0.5) is 0 Å². The Hall–Kier alpha value is -0.810. The van der Waals surface area contributed by atoms with Gasteiger partial charge in [-0.25, -0.2) is 0 Å². The zero-order valence-corrected chi connectivity index (χ0v) is 14.0. The van der Waals surface area contributed by atoms with E-state index in [9.17, 15) is 5.11 Å². The quantitative estimate of drug-likeness (QED) is 0.544. The van der Waals surface area contributed by atoms with Gasteiger partial charge in [0.15, 0.2) is 5.96 Å². The third-order valence-corrected chi connectivity index (χ3v) is 5.74. The van der Waals surface area contributed by atoms with Gasteiger partial charge in [-0.15, -0.1) is 0 Å². The van der Waals surface area contributed by atoms with Crippen LogP contribution < -0.4 is 10.6 Å². The number of aliphatic hydroxyl groups is 1. The molecule has 1 atom stereocenters. The summed E-state index contributed by atoms with van der Waals surface area (Å²) < 4.78 is 0. The summed E-state index contributed by atoms with van der Waals surface area (Å²) in [6.07, 6.45) is 10.9. The first-order valence-electron chi connectivity index (χ1n) is 9.12. The third-order valence-electron chi connectivity index (χ3n) is 5.74. The Labute approximate surface area is 134 Å². The van der Waals surface area contributed by atoms with Crippen LogP contribution in [0.1, 0.15) is 57.8 Å². The molecule has 5 nitrogen and oxygen atoms in total. The maximum atomic E-state index is 10.4. The van der Waals surface area contributed by atoms with Crippen LogP contribution in [-0.2, 0) is 0 Å². The molecule has 0 aromatic carbocycles. The molecule has 3 N–H and O–H groups in total. The Morgan fingerprint density at radius 2 is 1.91 bits per heavy atom. The van der Waals surface area contributed by atoms with Gasteiger partial charge in [-0.3, -0.25) is 9.89 Å². The first-order valence-corrected chi connectivity index (χ1v) is 9.12. The standard InChI is InChI=1S/C17H32N4O/c1-18-16(19-13-17(22)9-4-5-10-17)20-14-8-11-21(12-14)15-6-2-3-7-15/h14-15,22H,2-13H2,1H3,(H2,18,19,20). The monoisotopic (exact) mass is 308 g/mol. The second-order valence-corrected chi connectivity index (χ2v) is 7.42. The van der Waals surface area contributed by atoms with Crippen LogP contribution in [0.5, 0.6) is 0 Å². The predicted molar refractivity (Wildman–Crippen MR) is 90.1 cm³/mol. The summed E-state index contributed by atoms with van der Waals surface area (Å²) in [7, 11) is 1.82. The molecule has 3 fully saturated rings. The Morgan fingerprint density at radius 1 is 1.18 bits per heavy atom. The highest BCUT2D eigenvalue weighted by Crippen LogP contribution is 2.28. The number of hydrogen-bond acceptors (Lipinski definition) is 3. The second-order valence-electron chi connectivity index (χ2n) is 7.42. The van der Waals surface area contributed by atoms with Gasteiger partial charge in [0.05, 0.1) is 5.60 Å². The normalized spacial score (nSPS) is 30.1. The highest BCUT2D eigenvalue weighted by Gasteiger charge is 2.32. The summed E-state index contributed by atoms with van der Waals surface area (Å²) >= 11 is 0. The minimum absolute atomic E-state index is 0.491. The Morgan fingerprint density at radius 3 is 2.59 bits per heavy atom. The van der Waals surface area contributed by atoms with Gasteiger partial charge in [-0.1, -0.05) is 25.7 Å². The summed E-state index contributed by atoms with van der Waals surface area (Å²) in [5.41, 5.74) is -0.525. The smallest absolute Gasteiger partial charge is 0.191 e. The number of nitrogens with zero attached hydrogens (tertiary/aromatic N) is 2. The Kier molecular flexibility index (Phi) is 5.24. The van der Waals surface area contributed by atoms with Gasteiger partial charge in [0.25, 0.3) is 0 Å². The summed E-state index contributed by atoms with van der Waals surface area (Å²) in [6.45, 7) is 2.96. The van der Waals surface area contributed by atoms with E-state index in [1.165, 1.54) is 38.6 Å². The first kappa shape index (κ1) is 16.1. The average molecular weight is 308 g/mol. The second kappa shape index (κ2) is 7.18. The molecule has 2 aliphatic carbocycles. The van der Waals surface area contributed by atoms with Crippen molar-refractivity contribution in [2.24, 2.45) is 4.99 Å². The molecule has 22 heavy (non-hydrogen) atoms. The predicted octanol–water partition coefficient (Wildman–Crippen LogP) is 1.47. The van der Waals surface area contributed by atoms with Crippen LogP contribution in [0.15, 0.2) is 4.99 Å². The van der Waals surface area contributed by atoms with Crippen molar-refractivity contribution in [2.75, 3.05) is 26.7 Å². The van der Waals surface area contributed by atoms with Crippen LogP contribution in [0.2, 0.25) is 0 Å². The molecule has 3 aliphatic rings. The van der Waals surface area contributed by atoms with Crippen molar-refractivity contribution in [1.82, 2.24) is 15.5 Å². The first-order chi connectivity index (χ1) is 10.7. The lowest BCUT2D eigenvalue weighted by atomic mass is 10.0. The van der Waals surface area contributed by atoms with E-state index in [1.807, 2.05) is 7.05 Å². The van der Waals surface area contributed by atoms with Gasteiger partial charge >= 0.3 is 0 Å². The zero-order chi connectivity index (χ0) is 15.4. The van der Waals surface area contributed by atoms with Crippen molar-refractivity contribution in [3.8, 4) is 0 Å². The van der Waals surface area contributed by atoms with Crippen LogP contribution in [0.3, 0.4) is 0 Å². The van der Waals surface area contributed by atoms with E-state index in [0.717, 1.165) is 44.2 Å². The molecule has 5 heteroatoms. The van der Waals surface area contributed by atoms with E-state index in [4.69, 9.17) is 0 Å². The molecule has 0 amide bonds. The lowest BCUT2D eigenvalue weighted by Crippen LogP contribution is -2.49.